The van der Waals surface area contributed by atoms with Crippen LogP contribution in [0.5, 0.6) is 0 Å². The molecule has 2 fully saturated rings. The van der Waals surface area contributed by atoms with Gasteiger partial charge in [0.1, 0.15) is 11.2 Å². The fourth-order valence-electron chi connectivity index (χ4n) is 3.41. The van der Waals surface area contributed by atoms with Gasteiger partial charge in [-0.15, -0.1) is 0 Å². The Kier molecular flexibility index (Phi) is 4.86. The topological polar surface area (TPSA) is 59.1 Å². The van der Waals surface area contributed by atoms with E-state index in [1.54, 1.807) is 9.80 Å². The van der Waals surface area contributed by atoms with Crippen molar-refractivity contribution in [2.75, 3.05) is 19.6 Å². The maximum absolute atomic E-state index is 12.3. The number of hydrogen-bond acceptors (Lipinski definition) is 4. The van der Waals surface area contributed by atoms with Gasteiger partial charge in [0.15, 0.2) is 0 Å². The van der Waals surface area contributed by atoms with E-state index in [0.29, 0.717) is 39.0 Å². The van der Waals surface area contributed by atoms with Crippen molar-refractivity contribution in [2.24, 2.45) is 0 Å². The molecule has 0 unspecified atom stereocenters. The van der Waals surface area contributed by atoms with Gasteiger partial charge in [0, 0.05) is 32.5 Å². The molecule has 0 N–H and O–H groups in total. The molecule has 2 saturated heterocycles. The van der Waals surface area contributed by atoms with E-state index < -0.39 is 11.2 Å². The van der Waals surface area contributed by atoms with E-state index in [0.717, 1.165) is 5.56 Å². The molecule has 0 atom stereocenters. The number of likely N-dealkylation sites (tertiary alicyclic amines) is 1. The number of piperidine rings is 1. The number of carbonyl (C=O) groups excluding carboxylic acids is 2. The summed E-state index contributed by atoms with van der Waals surface area (Å²) in [4.78, 5) is 28.0. The van der Waals surface area contributed by atoms with Crippen LogP contribution in [0.4, 0.5) is 9.59 Å². The lowest BCUT2D eigenvalue weighted by Crippen LogP contribution is -2.49. The third-order valence-electron chi connectivity index (χ3n) is 4.86. The molecule has 2 aliphatic heterocycles. The van der Waals surface area contributed by atoms with E-state index in [-0.39, 0.29) is 12.2 Å². The number of aryl methyl sites for hydroxylation is 1. The minimum Gasteiger partial charge on any atom is -0.444 e. The number of rotatable bonds is 2. The Morgan fingerprint density at radius 3 is 2.38 bits per heavy atom. The van der Waals surface area contributed by atoms with Crippen LogP contribution >= 0.6 is 0 Å². The summed E-state index contributed by atoms with van der Waals surface area (Å²) < 4.78 is 11.2. The van der Waals surface area contributed by atoms with Crippen LogP contribution in [0.25, 0.3) is 0 Å². The van der Waals surface area contributed by atoms with Gasteiger partial charge < -0.3 is 14.4 Å². The molecule has 26 heavy (non-hydrogen) atoms. The van der Waals surface area contributed by atoms with Gasteiger partial charge >= 0.3 is 12.2 Å². The fourth-order valence-corrected chi connectivity index (χ4v) is 3.41. The molecule has 0 aliphatic carbocycles. The minimum absolute atomic E-state index is 0.267. The van der Waals surface area contributed by atoms with Gasteiger partial charge in [-0.05, 0) is 33.3 Å². The molecule has 0 bridgehead atoms. The number of amides is 2. The predicted octanol–water partition coefficient (Wildman–Crippen LogP) is 3.72. The molecule has 2 amide bonds. The van der Waals surface area contributed by atoms with Crippen molar-refractivity contribution in [3.8, 4) is 0 Å². The van der Waals surface area contributed by atoms with Crippen molar-refractivity contribution < 1.29 is 19.1 Å². The summed E-state index contributed by atoms with van der Waals surface area (Å²) in [6, 6.07) is 8.18. The number of nitrogens with zero attached hydrogens (tertiary/aromatic N) is 2. The summed E-state index contributed by atoms with van der Waals surface area (Å²) in [6.45, 7) is 9.83. The Morgan fingerprint density at radius 2 is 1.81 bits per heavy atom. The van der Waals surface area contributed by atoms with E-state index in [4.69, 9.17) is 9.47 Å². The Labute approximate surface area is 155 Å². The van der Waals surface area contributed by atoms with Gasteiger partial charge in [-0.2, -0.15) is 0 Å². The molecule has 1 aromatic rings. The van der Waals surface area contributed by atoms with Crippen molar-refractivity contribution in [2.45, 2.75) is 58.3 Å². The summed E-state index contributed by atoms with van der Waals surface area (Å²) in [5.74, 6) is 0. The smallest absolute Gasteiger partial charge is 0.410 e. The highest BCUT2D eigenvalue weighted by molar-refractivity contribution is 5.71. The average molecular weight is 360 g/mol. The summed E-state index contributed by atoms with van der Waals surface area (Å²) >= 11 is 0. The molecule has 142 valence electrons. The van der Waals surface area contributed by atoms with E-state index in [1.807, 2.05) is 52.0 Å². The summed E-state index contributed by atoms with van der Waals surface area (Å²) in [6.07, 6.45) is 0.717. The molecule has 6 nitrogen and oxygen atoms in total. The number of ether oxygens (including phenoxy) is 2. The zero-order valence-electron chi connectivity index (χ0n) is 16.1. The third kappa shape index (κ3) is 4.29. The molecule has 1 aromatic carbocycles. The Balaban J connectivity index is 1.57. The van der Waals surface area contributed by atoms with Crippen LogP contribution in [0.2, 0.25) is 0 Å². The van der Waals surface area contributed by atoms with E-state index in [9.17, 15) is 9.59 Å². The van der Waals surface area contributed by atoms with Crippen LogP contribution < -0.4 is 0 Å². The van der Waals surface area contributed by atoms with Gasteiger partial charge in [-0.25, -0.2) is 9.59 Å². The van der Waals surface area contributed by atoms with Gasteiger partial charge in [-0.3, -0.25) is 4.90 Å². The lowest BCUT2D eigenvalue weighted by Gasteiger charge is -2.37. The molecule has 3 rings (SSSR count). The lowest BCUT2D eigenvalue weighted by atomic mass is 9.91. The molecule has 0 radical (unpaired) electrons. The second-order valence-electron chi connectivity index (χ2n) is 8.36. The van der Waals surface area contributed by atoms with E-state index >= 15 is 0 Å². The van der Waals surface area contributed by atoms with E-state index in [2.05, 4.69) is 0 Å². The molecule has 1 spiro atoms. The van der Waals surface area contributed by atoms with Gasteiger partial charge in [0.2, 0.25) is 0 Å². The Hall–Kier alpha value is -2.24. The molecular formula is C20H28N2O4. The maximum Gasteiger partial charge on any atom is 0.410 e. The summed E-state index contributed by atoms with van der Waals surface area (Å²) in [7, 11) is 0. The van der Waals surface area contributed by atoms with Crippen molar-refractivity contribution >= 4 is 12.2 Å². The van der Waals surface area contributed by atoms with Gasteiger partial charge in [0.05, 0.1) is 6.54 Å². The van der Waals surface area contributed by atoms with Crippen LogP contribution in [0.15, 0.2) is 24.3 Å². The first kappa shape index (κ1) is 18.5. The molecule has 0 saturated carbocycles. The normalized spacial score (nSPS) is 19.6. The molecular weight excluding hydrogens is 332 g/mol. The second kappa shape index (κ2) is 6.82. The summed E-state index contributed by atoms with van der Waals surface area (Å²) in [5, 5.41) is 0. The number of hydrogen-bond donors (Lipinski definition) is 0. The standard InChI is InChI=1S/C20H28N2O4/c1-15-5-7-16(8-6-15)13-22-14-20(26-18(22)24)9-11-21(12-10-20)17(23)25-19(2,3)4/h5-8H,9-14H2,1-4H3. The van der Waals surface area contributed by atoms with Gasteiger partial charge in [0.25, 0.3) is 0 Å². The second-order valence-corrected chi connectivity index (χ2v) is 8.36. The lowest BCUT2D eigenvalue weighted by molar-refractivity contribution is -0.0170. The van der Waals surface area contributed by atoms with E-state index in [1.165, 1.54) is 5.56 Å². The van der Waals surface area contributed by atoms with Crippen molar-refractivity contribution in [3.05, 3.63) is 35.4 Å². The number of carbonyl (C=O) groups is 2. The van der Waals surface area contributed by atoms with Crippen LogP contribution in [0.3, 0.4) is 0 Å². The fraction of sp³-hybridized carbons (Fsp3) is 0.600. The van der Waals surface area contributed by atoms with Crippen molar-refractivity contribution in [3.63, 3.8) is 0 Å². The first-order chi connectivity index (χ1) is 12.2. The maximum atomic E-state index is 12.3. The monoisotopic (exact) mass is 360 g/mol. The first-order valence-corrected chi connectivity index (χ1v) is 9.17. The molecule has 0 aromatic heterocycles. The summed E-state index contributed by atoms with van der Waals surface area (Å²) in [5.41, 5.74) is 1.30. The molecule has 2 aliphatic rings. The van der Waals surface area contributed by atoms with Crippen LogP contribution in [0.1, 0.15) is 44.7 Å². The third-order valence-corrected chi connectivity index (χ3v) is 4.86. The molecule has 2 heterocycles. The highest BCUT2D eigenvalue weighted by Crippen LogP contribution is 2.34. The van der Waals surface area contributed by atoms with Crippen LogP contribution in [-0.4, -0.2) is 52.8 Å². The minimum atomic E-state index is -0.503. The van der Waals surface area contributed by atoms with Crippen molar-refractivity contribution in [1.82, 2.24) is 9.80 Å². The Morgan fingerprint density at radius 1 is 1.19 bits per heavy atom. The predicted molar refractivity (Wildman–Crippen MR) is 97.8 cm³/mol. The van der Waals surface area contributed by atoms with Crippen LogP contribution in [-0.2, 0) is 16.0 Å². The van der Waals surface area contributed by atoms with Crippen LogP contribution in [0, 0.1) is 6.92 Å². The largest absolute Gasteiger partial charge is 0.444 e. The first-order valence-electron chi connectivity index (χ1n) is 9.17. The van der Waals surface area contributed by atoms with Gasteiger partial charge in [-0.1, -0.05) is 29.8 Å². The highest BCUT2D eigenvalue weighted by Gasteiger charge is 2.47. The zero-order chi connectivity index (χ0) is 18.9. The highest BCUT2D eigenvalue weighted by atomic mass is 16.6. The SMILES string of the molecule is Cc1ccc(CN2CC3(CCN(C(=O)OC(C)(C)C)CC3)OC2=O)cc1. The number of benzene rings is 1. The Bertz CT molecular complexity index is 670. The van der Waals surface area contributed by atoms with Crippen molar-refractivity contribution in [1.29, 1.82) is 0 Å². The molecule has 6 heteroatoms. The zero-order valence-corrected chi connectivity index (χ0v) is 16.1. The average Bonchev–Trinajstić information content (AvgIpc) is 2.84. The quantitative estimate of drug-likeness (QED) is 0.807.